The van der Waals surface area contributed by atoms with E-state index in [4.69, 9.17) is 10.5 Å². The largest absolute Gasteiger partial charge is 0.492 e. The summed E-state index contributed by atoms with van der Waals surface area (Å²) >= 11 is 0. The molecule has 2 aliphatic rings. The van der Waals surface area contributed by atoms with Gasteiger partial charge in [0.15, 0.2) is 0 Å². The van der Waals surface area contributed by atoms with Crippen LogP contribution in [-0.4, -0.2) is 26.8 Å². The van der Waals surface area contributed by atoms with Crippen LogP contribution in [0.1, 0.15) is 35.4 Å². The number of hydrogen-bond acceptors (Lipinski definition) is 4. The quantitative estimate of drug-likeness (QED) is 0.766. The first kappa shape index (κ1) is 18.5. The van der Waals surface area contributed by atoms with Gasteiger partial charge in [0, 0.05) is 18.5 Å². The third-order valence-corrected chi connectivity index (χ3v) is 6.86. The number of ether oxygens (including phenoxy) is 1. The first-order valence-electron chi connectivity index (χ1n) is 9.52. The Morgan fingerprint density at radius 3 is 2.59 bits per heavy atom. The average molecular weight is 387 g/mol. The number of nitrogens with one attached hydrogen (secondary N) is 1. The van der Waals surface area contributed by atoms with E-state index >= 15 is 0 Å². The molecule has 0 radical (unpaired) electrons. The zero-order valence-corrected chi connectivity index (χ0v) is 16.1. The summed E-state index contributed by atoms with van der Waals surface area (Å²) in [6.45, 7) is 0.799. The molecule has 1 heterocycles. The van der Waals surface area contributed by atoms with Gasteiger partial charge in [0.1, 0.15) is 12.4 Å². The van der Waals surface area contributed by atoms with Crippen molar-refractivity contribution in [2.24, 2.45) is 11.7 Å². The molecular formula is C21H26N2O3S. The molecule has 6 heteroatoms. The molecule has 3 N–H and O–H groups in total. The molecule has 27 heavy (non-hydrogen) atoms. The summed E-state index contributed by atoms with van der Waals surface area (Å²) in [5.41, 5.74) is 9.60. The molecule has 2 aromatic carbocycles. The van der Waals surface area contributed by atoms with E-state index in [0.29, 0.717) is 19.1 Å². The Hall–Kier alpha value is -1.89. The van der Waals surface area contributed by atoms with Crippen LogP contribution in [-0.2, 0) is 23.0 Å². The van der Waals surface area contributed by atoms with Crippen LogP contribution in [0.15, 0.2) is 48.5 Å². The number of fused-ring (bicyclic) bond motifs is 1. The molecule has 144 valence electrons. The van der Waals surface area contributed by atoms with Crippen LogP contribution in [0.25, 0.3) is 0 Å². The predicted molar refractivity (Wildman–Crippen MR) is 106 cm³/mol. The second kappa shape index (κ2) is 7.62. The predicted octanol–water partition coefficient (Wildman–Crippen LogP) is 2.56. The van der Waals surface area contributed by atoms with Crippen LogP contribution in [0, 0.1) is 5.92 Å². The lowest BCUT2D eigenvalue weighted by atomic mass is 9.84. The van der Waals surface area contributed by atoms with Crippen molar-refractivity contribution >= 4 is 10.0 Å². The summed E-state index contributed by atoms with van der Waals surface area (Å²) in [5.74, 6) is 1.58. The molecule has 1 saturated carbocycles. The third kappa shape index (κ3) is 4.69. The van der Waals surface area contributed by atoms with E-state index in [1.54, 1.807) is 0 Å². The molecule has 0 bridgehead atoms. The Bertz CT molecular complexity index is 895. The highest BCUT2D eigenvalue weighted by Crippen LogP contribution is 2.36. The highest BCUT2D eigenvalue weighted by atomic mass is 32.2. The molecule has 0 aromatic heterocycles. The first-order chi connectivity index (χ1) is 13.0. The minimum atomic E-state index is -3.22. The zero-order chi connectivity index (χ0) is 18.9. The van der Waals surface area contributed by atoms with Gasteiger partial charge in [-0.25, -0.2) is 13.1 Å². The molecule has 0 amide bonds. The molecule has 1 aliphatic heterocycles. The maximum absolute atomic E-state index is 12.1. The standard InChI is InChI=1S/C21H26N2O3S/c22-20-13-26-21-9-8-17(12-23-27(24,25)14-16-6-7-16)11-19(21)18(20)10-15-4-2-1-3-5-15/h1-5,8-9,11,16,18,20,23H,6-7,10,12-14,22H2/t18-,20+/m0/s1. The van der Waals surface area contributed by atoms with Crippen LogP contribution in [0.5, 0.6) is 5.75 Å². The molecule has 1 fully saturated rings. The lowest BCUT2D eigenvalue weighted by molar-refractivity contribution is 0.238. The van der Waals surface area contributed by atoms with Gasteiger partial charge in [0.05, 0.1) is 5.75 Å². The fourth-order valence-corrected chi connectivity index (χ4v) is 5.10. The van der Waals surface area contributed by atoms with Gasteiger partial charge < -0.3 is 10.5 Å². The Morgan fingerprint density at radius 2 is 1.85 bits per heavy atom. The van der Waals surface area contributed by atoms with Gasteiger partial charge in [-0.3, -0.25) is 0 Å². The molecule has 2 atom stereocenters. The monoisotopic (exact) mass is 386 g/mol. The molecule has 4 rings (SSSR count). The van der Waals surface area contributed by atoms with Crippen LogP contribution >= 0.6 is 0 Å². The molecule has 0 unspecified atom stereocenters. The van der Waals surface area contributed by atoms with Crippen molar-refractivity contribution in [3.8, 4) is 5.75 Å². The zero-order valence-electron chi connectivity index (χ0n) is 15.3. The van der Waals surface area contributed by atoms with Gasteiger partial charge in [0.2, 0.25) is 10.0 Å². The first-order valence-corrected chi connectivity index (χ1v) is 11.2. The second-order valence-corrected chi connectivity index (χ2v) is 9.54. The van der Waals surface area contributed by atoms with Crippen molar-refractivity contribution in [3.63, 3.8) is 0 Å². The third-order valence-electron chi connectivity index (χ3n) is 5.37. The van der Waals surface area contributed by atoms with Crippen LogP contribution in [0.2, 0.25) is 0 Å². The maximum atomic E-state index is 12.1. The lowest BCUT2D eigenvalue weighted by Gasteiger charge is -2.32. The average Bonchev–Trinajstić information content (AvgIpc) is 3.46. The van der Waals surface area contributed by atoms with Gasteiger partial charge in [-0.2, -0.15) is 0 Å². The normalized spacial score (nSPS) is 22.1. The Kier molecular flexibility index (Phi) is 5.21. The highest BCUT2D eigenvalue weighted by molar-refractivity contribution is 7.89. The van der Waals surface area contributed by atoms with Gasteiger partial charge in [-0.1, -0.05) is 42.5 Å². The number of sulfonamides is 1. The van der Waals surface area contributed by atoms with Gasteiger partial charge in [-0.15, -0.1) is 0 Å². The Morgan fingerprint density at radius 1 is 1.07 bits per heavy atom. The minimum Gasteiger partial charge on any atom is -0.492 e. The molecule has 5 nitrogen and oxygen atoms in total. The Balaban J connectivity index is 1.51. The molecule has 1 aliphatic carbocycles. The number of benzene rings is 2. The van der Waals surface area contributed by atoms with Crippen molar-refractivity contribution in [2.75, 3.05) is 12.4 Å². The summed E-state index contributed by atoms with van der Waals surface area (Å²) in [4.78, 5) is 0. The molecule has 0 saturated heterocycles. The second-order valence-electron chi connectivity index (χ2n) is 7.69. The van der Waals surface area contributed by atoms with Gasteiger partial charge in [0.25, 0.3) is 0 Å². The molecule has 0 spiro atoms. The van der Waals surface area contributed by atoms with E-state index in [-0.39, 0.29) is 17.7 Å². The van der Waals surface area contributed by atoms with Crippen molar-refractivity contribution in [2.45, 2.75) is 37.8 Å². The van der Waals surface area contributed by atoms with Crippen LogP contribution in [0.3, 0.4) is 0 Å². The fourth-order valence-electron chi connectivity index (χ4n) is 3.64. The number of rotatable bonds is 7. The van der Waals surface area contributed by atoms with E-state index in [9.17, 15) is 8.42 Å². The van der Waals surface area contributed by atoms with E-state index in [0.717, 1.165) is 36.1 Å². The summed E-state index contributed by atoms with van der Waals surface area (Å²) < 4.78 is 32.8. The smallest absolute Gasteiger partial charge is 0.212 e. The number of nitrogens with two attached hydrogens (primary N) is 1. The summed E-state index contributed by atoms with van der Waals surface area (Å²) in [6.07, 6.45) is 2.89. The lowest BCUT2D eigenvalue weighted by Crippen LogP contribution is -2.39. The highest BCUT2D eigenvalue weighted by Gasteiger charge is 2.30. The van der Waals surface area contributed by atoms with E-state index < -0.39 is 10.0 Å². The van der Waals surface area contributed by atoms with Crippen molar-refractivity contribution in [1.82, 2.24) is 4.72 Å². The maximum Gasteiger partial charge on any atom is 0.212 e. The summed E-state index contributed by atoms with van der Waals surface area (Å²) in [6, 6.07) is 16.1. The van der Waals surface area contributed by atoms with E-state index in [2.05, 4.69) is 16.9 Å². The SMILES string of the molecule is N[C@@H]1COc2ccc(CNS(=O)(=O)CC3CC3)cc2[C@@H]1Cc1ccccc1. The van der Waals surface area contributed by atoms with Crippen LogP contribution in [0.4, 0.5) is 0 Å². The topological polar surface area (TPSA) is 81.4 Å². The minimum absolute atomic E-state index is 0.0838. The molecular weight excluding hydrogens is 360 g/mol. The fraction of sp³-hybridized carbons (Fsp3) is 0.429. The Labute approximate surface area is 161 Å². The van der Waals surface area contributed by atoms with Crippen molar-refractivity contribution in [3.05, 3.63) is 65.2 Å². The summed E-state index contributed by atoms with van der Waals surface area (Å²) in [5, 5.41) is 0. The van der Waals surface area contributed by atoms with E-state index in [1.807, 2.05) is 36.4 Å². The number of hydrogen-bond donors (Lipinski definition) is 2. The van der Waals surface area contributed by atoms with Gasteiger partial charge in [-0.05, 0) is 47.9 Å². The van der Waals surface area contributed by atoms with Crippen molar-refractivity contribution in [1.29, 1.82) is 0 Å². The summed E-state index contributed by atoms with van der Waals surface area (Å²) in [7, 11) is -3.22. The van der Waals surface area contributed by atoms with E-state index in [1.165, 1.54) is 5.56 Å². The van der Waals surface area contributed by atoms with Crippen molar-refractivity contribution < 1.29 is 13.2 Å². The molecule has 2 aromatic rings. The van der Waals surface area contributed by atoms with Crippen LogP contribution < -0.4 is 15.2 Å². The van der Waals surface area contributed by atoms with Gasteiger partial charge >= 0.3 is 0 Å².